The molecule has 0 spiro atoms. The van der Waals surface area contributed by atoms with Crippen LogP contribution in [0.4, 0.5) is 13.6 Å². The molecule has 1 fully saturated rings. The summed E-state index contributed by atoms with van der Waals surface area (Å²) in [4.78, 5) is 14.0. The fraction of sp³-hybridized carbons (Fsp3) is 0.562. The average Bonchev–Trinajstić information content (AvgIpc) is 2.49. The second-order valence-corrected chi connectivity index (χ2v) is 5.54. The standard InChI is InChI=1S/C16H22F2N2O2/c1-12-4-2-3-11-20(12)16(21)19-10-9-13-5-7-14(8-6-13)22-15(17)18/h5-8,12,15H,2-4,9-11H2,1H3,(H,19,21). The highest BCUT2D eigenvalue weighted by Crippen LogP contribution is 2.17. The van der Waals surface area contributed by atoms with Crippen molar-refractivity contribution >= 4 is 6.03 Å². The largest absolute Gasteiger partial charge is 0.435 e. The Morgan fingerprint density at radius 1 is 1.36 bits per heavy atom. The Bertz CT molecular complexity index is 480. The third-order valence-electron chi connectivity index (χ3n) is 3.90. The van der Waals surface area contributed by atoms with Gasteiger partial charge in [-0.1, -0.05) is 12.1 Å². The molecule has 0 aliphatic carbocycles. The van der Waals surface area contributed by atoms with Crippen molar-refractivity contribution in [3.8, 4) is 5.75 Å². The second kappa shape index (κ2) is 7.96. The summed E-state index contributed by atoms with van der Waals surface area (Å²) >= 11 is 0. The lowest BCUT2D eigenvalue weighted by Gasteiger charge is -2.33. The molecule has 2 rings (SSSR count). The average molecular weight is 312 g/mol. The lowest BCUT2D eigenvalue weighted by molar-refractivity contribution is -0.0498. The van der Waals surface area contributed by atoms with Crippen molar-refractivity contribution in [2.45, 2.75) is 45.3 Å². The predicted molar refractivity (Wildman–Crippen MR) is 80.2 cm³/mol. The molecule has 1 aromatic carbocycles. The maximum absolute atomic E-state index is 12.1. The van der Waals surface area contributed by atoms with E-state index in [0.29, 0.717) is 19.0 Å². The van der Waals surface area contributed by atoms with Gasteiger partial charge in [0.1, 0.15) is 5.75 Å². The van der Waals surface area contributed by atoms with Gasteiger partial charge in [-0.25, -0.2) is 4.79 Å². The first-order chi connectivity index (χ1) is 10.6. The van der Waals surface area contributed by atoms with E-state index < -0.39 is 6.61 Å². The van der Waals surface area contributed by atoms with Crippen molar-refractivity contribution in [3.05, 3.63) is 29.8 Å². The fourth-order valence-electron chi connectivity index (χ4n) is 2.65. The van der Waals surface area contributed by atoms with E-state index in [-0.39, 0.29) is 11.8 Å². The Kier molecular flexibility index (Phi) is 5.98. The number of hydrogen-bond acceptors (Lipinski definition) is 2. The van der Waals surface area contributed by atoms with E-state index in [1.807, 2.05) is 4.90 Å². The maximum Gasteiger partial charge on any atom is 0.387 e. The monoisotopic (exact) mass is 312 g/mol. The van der Waals surface area contributed by atoms with Crippen LogP contribution in [0.25, 0.3) is 0 Å². The molecule has 0 radical (unpaired) electrons. The fourth-order valence-corrected chi connectivity index (χ4v) is 2.65. The SMILES string of the molecule is CC1CCCCN1C(=O)NCCc1ccc(OC(F)F)cc1. The summed E-state index contributed by atoms with van der Waals surface area (Å²) in [5.41, 5.74) is 0.966. The maximum atomic E-state index is 12.1. The topological polar surface area (TPSA) is 41.6 Å². The molecule has 22 heavy (non-hydrogen) atoms. The number of amides is 2. The van der Waals surface area contributed by atoms with Gasteiger partial charge in [0.05, 0.1) is 0 Å². The lowest BCUT2D eigenvalue weighted by Crippen LogP contribution is -2.47. The smallest absolute Gasteiger partial charge is 0.387 e. The first-order valence-corrected chi connectivity index (χ1v) is 7.64. The molecule has 4 nitrogen and oxygen atoms in total. The van der Waals surface area contributed by atoms with Crippen LogP contribution in [-0.2, 0) is 6.42 Å². The minimum Gasteiger partial charge on any atom is -0.435 e. The lowest BCUT2D eigenvalue weighted by atomic mass is 10.0. The molecule has 6 heteroatoms. The number of ether oxygens (including phenoxy) is 1. The predicted octanol–water partition coefficient (Wildman–Crippen LogP) is 3.41. The first-order valence-electron chi connectivity index (χ1n) is 7.64. The number of urea groups is 1. The number of nitrogens with zero attached hydrogens (tertiary/aromatic N) is 1. The van der Waals surface area contributed by atoms with Crippen LogP contribution in [0.2, 0.25) is 0 Å². The van der Waals surface area contributed by atoms with Crippen LogP contribution in [-0.4, -0.2) is 36.7 Å². The molecule has 1 saturated heterocycles. The van der Waals surface area contributed by atoms with Gasteiger partial charge in [-0.05, 0) is 50.3 Å². The van der Waals surface area contributed by atoms with E-state index >= 15 is 0 Å². The van der Waals surface area contributed by atoms with Crippen molar-refractivity contribution in [3.63, 3.8) is 0 Å². The quantitative estimate of drug-likeness (QED) is 0.905. The van der Waals surface area contributed by atoms with E-state index in [1.54, 1.807) is 12.1 Å². The van der Waals surface area contributed by atoms with Gasteiger partial charge in [0.25, 0.3) is 0 Å². The Labute approximate surface area is 129 Å². The number of likely N-dealkylation sites (tertiary alicyclic amines) is 1. The van der Waals surface area contributed by atoms with Gasteiger partial charge in [-0.3, -0.25) is 0 Å². The van der Waals surface area contributed by atoms with Crippen LogP contribution < -0.4 is 10.1 Å². The third-order valence-corrected chi connectivity index (χ3v) is 3.90. The van der Waals surface area contributed by atoms with E-state index in [9.17, 15) is 13.6 Å². The van der Waals surface area contributed by atoms with Crippen LogP contribution >= 0.6 is 0 Å². The Hall–Kier alpha value is -1.85. The van der Waals surface area contributed by atoms with Gasteiger partial charge in [0.2, 0.25) is 0 Å². The Balaban J connectivity index is 1.74. The van der Waals surface area contributed by atoms with Crippen LogP contribution in [0.5, 0.6) is 5.75 Å². The summed E-state index contributed by atoms with van der Waals surface area (Å²) in [7, 11) is 0. The summed E-state index contributed by atoms with van der Waals surface area (Å²) in [5, 5.41) is 2.91. The zero-order valence-corrected chi connectivity index (χ0v) is 12.7. The summed E-state index contributed by atoms with van der Waals surface area (Å²) in [6.07, 6.45) is 3.95. The van der Waals surface area contributed by atoms with E-state index in [2.05, 4.69) is 17.0 Å². The molecule has 122 valence electrons. The zero-order chi connectivity index (χ0) is 15.9. The molecule has 2 amide bonds. The summed E-state index contributed by atoms with van der Waals surface area (Å²) in [6.45, 7) is 0.598. The molecule has 0 saturated carbocycles. The second-order valence-electron chi connectivity index (χ2n) is 5.54. The van der Waals surface area contributed by atoms with Crippen LogP contribution in [0, 0.1) is 0 Å². The van der Waals surface area contributed by atoms with Crippen molar-refractivity contribution in [2.24, 2.45) is 0 Å². The van der Waals surface area contributed by atoms with Crippen LogP contribution in [0.3, 0.4) is 0 Å². The highest BCUT2D eigenvalue weighted by Gasteiger charge is 2.22. The normalized spacial score (nSPS) is 18.4. The van der Waals surface area contributed by atoms with E-state index in [0.717, 1.165) is 24.9 Å². The number of nitrogens with one attached hydrogen (secondary N) is 1. The number of halogens is 2. The van der Waals surface area contributed by atoms with Crippen LogP contribution in [0.15, 0.2) is 24.3 Å². The minimum atomic E-state index is -2.81. The van der Waals surface area contributed by atoms with Crippen molar-refractivity contribution in [2.75, 3.05) is 13.1 Å². The molecule has 1 atom stereocenters. The highest BCUT2D eigenvalue weighted by molar-refractivity contribution is 5.74. The van der Waals surface area contributed by atoms with Gasteiger partial charge in [-0.2, -0.15) is 8.78 Å². The Morgan fingerprint density at radius 2 is 2.09 bits per heavy atom. The molecular weight excluding hydrogens is 290 g/mol. The van der Waals surface area contributed by atoms with Crippen LogP contribution in [0.1, 0.15) is 31.7 Å². The van der Waals surface area contributed by atoms with Gasteiger partial charge < -0.3 is 15.0 Å². The number of hydrogen-bond donors (Lipinski definition) is 1. The van der Waals surface area contributed by atoms with Gasteiger partial charge in [0, 0.05) is 19.1 Å². The third kappa shape index (κ3) is 4.86. The van der Waals surface area contributed by atoms with Gasteiger partial charge in [-0.15, -0.1) is 0 Å². The summed E-state index contributed by atoms with van der Waals surface area (Å²) < 4.78 is 28.4. The summed E-state index contributed by atoms with van der Waals surface area (Å²) in [6, 6.07) is 6.75. The molecule has 1 unspecified atom stereocenters. The first kappa shape index (κ1) is 16.5. The Morgan fingerprint density at radius 3 is 2.73 bits per heavy atom. The van der Waals surface area contributed by atoms with Gasteiger partial charge >= 0.3 is 12.6 Å². The van der Waals surface area contributed by atoms with Crippen molar-refractivity contribution in [1.29, 1.82) is 0 Å². The van der Waals surface area contributed by atoms with E-state index in [4.69, 9.17) is 0 Å². The molecule has 0 aromatic heterocycles. The number of rotatable bonds is 5. The highest BCUT2D eigenvalue weighted by atomic mass is 19.3. The zero-order valence-electron chi connectivity index (χ0n) is 12.7. The van der Waals surface area contributed by atoms with E-state index in [1.165, 1.54) is 18.6 Å². The molecule has 1 aromatic rings. The molecule has 0 bridgehead atoms. The molecular formula is C16H22F2N2O2. The number of alkyl halides is 2. The molecule has 1 aliphatic rings. The van der Waals surface area contributed by atoms with Crippen molar-refractivity contribution < 1.29 is 18.3 Å². The number of benzene rings is 1. The van der Waals surface area contributed by atoms with Crippen molar-refractivity contribution in [1.82, 2.24) is 10.2 Å². The number of carbonyl (C=O) groups excluding carboxylic acids is 1. The number of piperidine rings is 1. The summed E-state index contributed by atoms with van der Waals surface area (Å²) in [5.74, 6) is 0.143. The van der Waals surface area contributed by atoms with Gasteiger partial charge in [0.15, 0.2) is 0 Å². The number of carbonyl (C=O) groups is 1. The molecule has 1 heterocycles. The molecule has 1 N–H and O–H groups in total. The molecule has 1 aliphatic heterocycles. The minimum absolute atomic E-state index is 0.0233.